The van der Waals surface area contributed by atoms with E-state index in [9.17, 15) is 5.26 Å². The molecule has 0 spiro atoms. The monoisotopic (exact) mass is 363 g/mol. The van der Waals surface area contributed by atoms with Crippen LogP contribution in [0.1, 0.15) is 36.2 Å². The minimum absolute atomic E-state index is 0.290. The average molecular weight is 364 g/mol. The topological polar surface area (TPSA) is 58.8 Å². The van der Waals surface area contributed by atoms with Crippen LogP contribution in [0, 0.1) is 11.3 Å². The van der Waals surface area contributed by atoms with Gasteiger partial charge in [0.15, 0.2) is 0 Å². The molecule has 1 heterocycles. The fourth-order valence-electron chi connectivity index (χ4n) is 2.71. The van der Waals surface area contributed by atoms with Crippen molar-refractivity contribution in [2.75, 3.05) is 0 Å². The number of aromatic nitrogens is 2. The third kappa shape index (κ3) is 4.01. The van der Waals surface area contributed by atoms with Gasteiger partial charge in [0.2, 0.25) is 0 Å². The van der Waals surface area contributed by atoms with Gasteiger partial charge in [0.05, 0.1) is 17.3 Å². The van der Waals surface area contributed by atoms with Crippen molar-refractivity contribution in [1.82, 2.24) is 9.97 Å². The molecule has 0 saturated heterocycles. The molecular weight excluding hydrogens is 346 g/mol. The number of nitrogens with zero attached hydrogens (tertiary/aromatic N) is 3. The molecule has 0 saturated carbocycles. The van der Waals surface area contributed by atoms with E-state index < -0.39 is 0 Å². The van der Waals surface area contributed by atoms with Crippen molar-refractivity contribution < 1.29 is 4.74 Å². The Kier molecular flexibility index (Phi) is 5.20. The molecule has 3 aromatic rings. The van der Waals surface area contributed by atoms with Crippen LogP contribution >= 0.6 is 11.6 Å². The maximum atomic E-state index is 9.18. The highest BCUT2D eigenvalue weighted by Crippen LogP contribution is 2.34. The number of hydrogen-bond acceptors (Lipinski definition) is 4. The van der Waals surface area contributed by atoms with E-state index in [2.05, 4.69) is 29.9 Å². The van der Waals surface area contributed by atoms with Crippen LogP contribution in [-0.2, 0) is 12.0 Å². The minimum atomic E-state index is -0.290. The van der Waals surface area contributed by atoms with Crippen molar-refractivity contribution in [1.29, 1.82) is 5.26 Å². The number of hydrogen-bond donors (Lipinski definition) is 0. The Balaban J connectivity index is 1.79. The van der Waals surface area contributed by atoms with Gasteiger partial charge in [-0.15, -0.1) is 0 Å². The molecule has 0 aliphatic heterocycles. The molecule has 0 amide bonds. The largest absolute Gasteiger partial charge is 0.487 e. The van der Waals surface area contributed by atoms with Gasteiger partial charge in [-0.3, -0.25) is 0 Å². The Morgan fingerprint density at radius 2 is 1.85 bits per heavy atom. The summed E-state index contributed by atoms with van der Waals surface area (Å²) in [7, 11) is 0. The van der Waals surface area contributed by atoms with Crippen LogP contribution in [-0.4, -0.2) is 9.97 Å². The molecule has 3 rings (SSSR count). The van der Waals surface area contributed by atoms with Gasteiger partial charge in [0.25, 0.3) is 0 Å². The summed E-state index contributed by atoms with van der Waals surface area (Å²) in [6.45, 7) is 4.61. The smallest absolute Gasteiger partial charge is 0.130 e. The first kappa shape index (κ1) is 17.9. The highest BCUT2D eigenvalue weighted by atomic mass is 35.5. The molecule has 4 nitrogen and oxygen atoms in total. The van der Waals surface area contributed by atoms with Gasteiger partial charge in [0.1, 0.15) is 18.7 Å². The van der Waals surface area contributed by atoms with Gasteiger partial charge in [0, 0.05) is 16.6 Å². The molecule has 1 aromatic heterocycles. The van der Waals surface area contributed by atoms with Gasteiger partial charge in [-0.1, -0.05) is 37.6 Å². The van der Waals surface area contributed by atoms with E-state index in [1.165, 1.54) is 6.33 Å². The molecule has 0 bridgehead atoms. The van der Waals surface area contributed by atoms with E-state index in [4.69, 9.17) is 16.3 Å². The lowest BCUT2D eigenvalue weighted by atomic mass is 9.78. The number of rotatable bonds is 5. The molecule has 0 fully saturated rings. The van der Waals surface area contributed by atoms with E-state index in [0.29, 0.717) is 17.2 Å². The summed E-state index contributed by atoms with van der Waals surface area (Å²) in [5.74, 6) is 0.770. The van der Waals surface area contributed by atoms with Crippen LogP contribution in [0.25, 0.3) is 0 Å². The first-order valence-corrected chi connectivity index (χ1v) is 8.56. The molecule has 0 N–H and O–H groups in total. The predicted octanol–water partition coefficient (Wildman–Crippen LogP) is 4.91. The van der Waals surface area contributed by atoms with Crippen molar-refractivity contribution in [2.24, 2.45) is 0 Å². The summed E-state index contributed by atoms with van der Waals surface area (Å²) in [5.41, 5.74) is 3.20. The molecule has 0 aliphatic rings. The van der Waals surface area contributed by atoms with E-state index in [-0.39, 0.29) is 5.41 Å². The molecule has 0 atom stereocenters. The Morgan fingerprint density at radius 3 is 2.50 bits per heavy atom. The van der Waals surface area contributed by atoms with E-state index in [1.54, 1.807) is 12.3 Å². The molecule has 130 valence electrons. The quantitative estimate of drug-likeness (QED) is 0.646. The first-order chi connectivity index (χ1) is 12.5. The SMILES string of the molecule is CC(C)(c1ccc(OCc2ccncn2)cc1)c1cc(Cl)cc(C#N)c1. The van der Waals surface area contributed by atoms with E-state index in [0.717, 1.165) is 22.6 Å². The molecule has 5 heteroatoms. The van der Waals surface area contributed by atoms with Crippen LogP contribution in [0.5, 0.6) is 5.75 Å². The normalized spacial score (nSPS) is 11.0. The third-order valence-corrected chi connectivity index (χ3v) is 4.57. The van der Waals surface area contributed by atoms with Gasteiger partial charge in [-0.2, -0.15) is 5.26 Å². The standard InChI is InChI=1S/C21H18ClN3O/c1-21(2,17-9-15(12-23)10-18(22)11-17)16-3-5-20(6-4-16)26-13-19-7-8-24-14-25-19/h3-11,14H,13H2,1-2H3. The fourth-order valence-corrected chi connectivity index (χ4v) is 2.95. The minimum Gasteiger partial charge on any atom is -0.487 e. The Hall–Kier alpha value is -2.90. The zero-order valence-corrected chi connectivity index (χ0v) is 15.4. The van der Waals surface area contributed by atoms with Crippen molar-refractivity contribution in [3.8, 4) is 11.8 Å². The summed E-state index contributed by atoms with van der Waals surface area (Å²) < 4.78 is 5.77. The number of nitriles is 1. The van der Waals surface area contributed by atoms with Crippen LogP contribution in [0.3, 0.4) is 0 Å². The van der Waals surface area contributed by atoms with Gasteiger partial charge in [-0.25, -0.2) is 9.97 Å². The second kappa shape index (κ2) is 7.55. The van der Waals surface area contributed by atoms with Crippen molar-refractivity contribution in [3.63, 3.8) is 0 Å². The summed E-state index contributed by atoms with van der Waals surface area (Å²) in [6.07, 6.45) is 3.20. The van der Waals surface area contributed by atoms with Crippen LogP contribution in [0.2, 0.25) is 5.02 Å². The molecular formula is C21H18ClN3O. The van der Waals surface area contributed by atoms with E-state index >= 15 is 0 Å². The number of halogens is 1. The highest BCUT2D eigenvalue weighted by Gasteiger charge is 2.24. The zero-order chi connectivity index (χ0) is 18.6. The second-order valence-corrected chi connectivity index (χ2v) is 6.92. The molecule has 2 aromatic carbocycles. The molecule has 0 unspecified atom stereocenters. The molecule has 0 radical (unpaired) electrons. The molecule has 0 aliphatic carbocycles. The van der Waals surface area contributed by atoms with Crippen molar-refractivity contribution >= 4 is 11.6 Å². The van der Waals surface area contributed by atoms with Crippen LogP contribution in [0.15, 0.2) is 61.1 Å². The zero-order valence-electron chi connectivity index (χ0n) is 14.6. The lowest BCUT2D eigenvalue weighted by Crippen LogP contribution is -2.19. The highest BCUT2D eigenvalue weighted by molar-refractivity contribution is 6.30. The summed E-state index contributed by atoms with van der Waals surface area (Å²) in [4.78, 5) is 8.03. The van der Waals surface area contributed by atoms with Crippen molar-refractivity contribution in [3.05, 3.63) is 88.5 Å². The van der Waals surface area contributed by atoms with Crippen LogP contribution < -0.4 is 4.74 Å². The second-order valence-electron chi connectivity index (χ2n) is 6.48. The predicted molar refractivity (Wildman–Crippen MR) is 101 cm³/mol. The summed E-state index contributed by atoms with van der Waals surface area (Å²) in [5, 5.41) is 9.74. The third-order valence-electron chi connectivity index (χ3n) is 4.35. The van der Waals surface area contributed by atoms with Gasteiger partial charge in [-0.05, 0) is 47.5 Å². The lowest BCUT2D eigenvalue weighted by molar-refractivity contribution is 0.301. The Bertz CT molecular complexity index is 932. The van der Waals surface area contributed by atoms with Gasteiger partial charge >= 0.3 is 0 Å². The lowest BCUT2D eigenvalue weighted by Gasteiger charge is -2.26. The van der Waals surface area contributed by atoms with Crippen LogP contribution in [0.4, 0.5) is 0 Å². The molecule has 26 heavy (non-hydrogen) atoms. The summed E-state index contributed by atoms with van der Waals surface area (Å²) >= 11 is 6.17. The fraction of sp³-hybridized carbons (Fsp3) is 0.190. The van der Waals surface area contributed by atoms with E-state index in [1.807, 2.05) is 42.5 Å². The summed E-state index contributed by atoms with van der Waals surface area (Å²) in [6, 6.07) is 17.4. The first-order valence-electron chi connectivity index (χ1n) is 8.18. The average Bonchev–Trinajstić information content (AvgIpc) is 2.67. The maximum absolute atomic E-state index is 9.18. The maximum Gasteiger partial charge on any atom is 0.130 e. The van der Waals surface area contributed by atoms with Crippen molar-refractivity contribution in [2.45, 2.75) is 25.9 Å². The van der Waals surface area contributed by atoms with Gasteiger partial charge < -0.3 is 4.74 Å². The number of benzene rings is 2. The Morgan fingerprint density at radius 1 is 1.08 bits per heavy atom. The Labute approximate surface area is 158 Å². The number of ether oxygens (including phenoxy) is 1.